The molecule has 0 unspecified atom stereocenters. The van der Waals surface area contributed by atoms with Crippen molar-refractivity contribution in [2.75, 3.05) is 38.0 Å². The molecule has 0 radical (unpaired) electrons. The second kappa shape index (κ2) is 9.04. The Balaban J connectivity index is 1.89. The second-order valence-electron chi connectivity index (χ2n) is 6.25. The van der Waals surface area contributed by atoms with Crippen LogP contribution in [0.3, 0.4) is 0 Å². The van der Waals surface area contributed by atoms with E-state index < -0.39 is 0 Å². The number of likely N-dealkylation sites (N-methyl/N-ethyl adjacent to an activating group) is 1. The van der Waals surface area contributed by atoms with Crippen LogP contribution in [0, 0.1) is 6.92 Å². The molecule has 0 aromatic heterocycles. The minimum atomic E-state index is -0.200. The number of rotatable bonds is 6. The van der Waals surface area contributed by atoms with Gasteiger partial charge in [0.25, 0.3) is 0 Å². The van der Waals surface area contributed by atoms with Gasteiger partial charge in [-0.2, -0.15) is 0 Å². The average Bonchev–Trinajstić information content (AvgIpc) is 2.56. The highest BCUT2D eigenvalue weighted by Crippen LogP contribution is 2.20. The molecule has 0 spiro atoms. The van der Waals surface area contributed by atoms with Crippen LogP contribution in [0.2, 0.25) is 5.02 Å². The average molecular weight is 352 g/mol. The van der Waals surface area contributed by atoms with Crippen LogP contribution in [0.4, 0.5) is 5.69 Å². The Bertz CT molecular complexity index is 586. The van der Waals surface area contributed by atoms with Crippen molar-refractivity contribution in [3.05, 3.63) is 28.8 Å². The van der Waals surface area contributed by atoms with E-state index in [0.29, 0.717) is 23.8 Å². The third-order valence-electron chi connectivity index (χ3n) is 4.35. The van der Waals surface area contributed by atoms with Crippen molar-refractivity contribution in [3.8, 4) is 0 Å². The first kappa shape index (κ1) is 18.7. The number of carbonyl (C=O) groups excluding carboxylic acids is 2. The first-order chi connectivity index (χ1) is 11.5. The highest BCUT2D eigenvalue weighted by Gasteiger charge is 2.20. The second-order valence-corrected chi connectivity index (χ2v) is 6.69. The molecule has 1 N–H and O–H groups in total. The molecule has 0 atom stereocenters. The van der Waals surface area contributed by atoms with Gasteiger partial charge in [-0.25, -0.2) is 0 Å². The lowest BCUT2D eigenvalue weighted by Crippen LogP contribution is -2.45. The number of hydrogen-bond donors (Lipinski definition) is 1. The zero-order valence-corrected chi connectivity index (χ0v) is 15.2. The Kier molecular flexibility index (Phi) is 7.06. The number of nitrogens with zero attached hydrogens (tertiary/aromatic N) is 2. The normalized spacial score (nSPS) is 15.1. The van der Waals surface area contributed by atoms with Gasteiger partial charge in [0.15, 0.2) is 0 Å². The first-order valence-corrected chi connectivity index (χ1v) is 8.93. The number of halogens is 1. The summed E-state index contributed by atoms with van der Waals surface area (Å²) in [6.45, 7) is 6.73. The fraction of sp³-hybridized carbons (Fsp3) is 0.556. The number of nitrogens with one attached hydrogen (secondary N) is 1. The lowest BCUT2D eigenvalue weighted by molar-refractivity contribution is -0.135. The van der Waals surface area contributed by atoms with Gasteiger partial charge in [-0.3, -0.25) is 14.5 Å². The highest BCUT2D eigenvalue weighted by atomic mass is 35.5. The fourth-order valence-electron chi connectivity index (χ4n) is 2.88. The van der Waals surface area contributed by atoms with Gasteiger partial charge in [0.05, 0.1) is 13.1 Å². The summed E-state index contributed by atoms with van der Waals surface area (Å²) in [5.74, 6) is -0.188. The summed E-state index contributed by atoms with van der Waals surface area (Å²) in [6, 6.07) is 5.37. The summed E-state index contributed by atoms with van der Waals surface area (Å²) in [4.78, 5) is 28.5. The van der Waals surface area contributed by atoms with Crippen molar-refractivity contribution in [3.63, 3.8) is 0 Å². The Morgan fingerprint density at radius 1 is 1.25 bits per heavy atom. The highest BCUT2D eigenvalue weighted by molar-refractivity contribution is 6.31. The standard InChI is InChI=1S/C18H26ClN3O2/c1-3-22(18(24)13-21-9-5-4-6-10-21)12-17(23)20-16-11-15(19)8-7-14(16)2/h7-8,11H,3-6,9-10,12-13H2,1-2H3,(H,20,23). The number of carbonyl (C=O) groups is 2. The predicted octanol–water partition coefficient (Wildman–Crippen LogP) is 2.92. The van der Waals surface area contributed by atoms with Crippen LogP contribution < -0.4 is 5.32 Å². The molecule has 1 aliphatic heterocycles. The smallest absolute Gasteiger partial charge is 0.244 e. The summed E-state index contributed by atoms with van der Waals surface area (Å²) >= 11 is 5.97. The number of hydrogen-bond acceptors (Lipinski definition) is 3. The van der Waals surface area contributed by atoms with E-state index in [1.807, 2.05) is 19.9 Å². The number of anilines is 1. The van der Waals surface area contributed by atoms with Gasteiger partial charge >= 0.3 is 0 Å². The predicted molar refractivity (Wildman–Crippen MR) is 97.4 cm³/mol. The SMILES string of the molecule is CCN(CC(=O)Nc1cc(Cl)ccc1C)C(=O)CN1CCCCC1. The van der Waals surface area contributed by atoms with E-state index >= 15 is 0 Å². The van der Waals surface area contributed by atoms with Gasteiger partial charge in [-0.15, -0.1) is 0 Å². The molecule has 0 aliphatic carbocycles. The summed E-state index contributed by atoms with van der Waals surface area (Å²) in [7, 11) is 0. The Morgan fingerprint density at radius 3 is 2.62 bits per heavy atom. The molecule has 132 valence electrons. The van der Waals surface area contributed by atoms with Crippen molar-refractivity contribution >= 4 is 29.1 Å². The molecule has 0 saturated carbocycles. The van der Waals surface area contributed by atoms with E-state index in [1.54, 1.807) is 17.0 Å². The molecule has 5 nitrogen and oxygen atoms in total. The molecular weight excluding hydrogens is 326 g/mol. The van der Waals surface area contributed by atoms with Gasteiger partial charge in [-0.05, 0) is 57.5 Å². The van der Waals surface area contributed by atoms with Crippen molar-refractivity contribution in [2.24, 2.45) is 0 Å². The van der Waals surface area contributed by atoms with Crippen molar-refractivity contribution in [1.29, 1.82) is 0 Å². The van der Waals surface area contributed by atoms with Crippen molar-refractivity contribution < 1.29 is 9.59 Å². The number of benzene rings is 1. The first-order valence-electron chi connectivity index (χ1n) is 8.55. The van der Waals surface area contributed by atoms with Crippen LogP contribution in [0.25, 0.3) is 0 Å². The summed E-state index contributed by atoms with van der Waals surface area (Å²) in [6.07, 6.45) is 3.53. The molecule has 1 aromatic carbocycles. The van der Waals surface area contributed by atoms with Crippen molar-refractivity contribution in [1.82, 2.24) is 9.80 Å². The maximum atomic E-state index is 12.4. The third-order valence-corrected chi connectivity index (χ3v) is 4.59. The molecule has 1 aliphatic rings. The van der Waals surface area contributed by atoms with Gasteiger partial charge in [-0.1, -0.05) is 24.1 Å². The molecule has 24 heavy (non-hydrogen) atoms. The molecule has 0 bridgehead atoms. The van der Waals surface area contributed by atoms with Crippen LogP contribution >= 0.6 is 11.6 Å². The van der Waals surface area contributed by atoms with Gasteiger partial charge in [0, 0.05) is 17.3 Å². The largest absolute Gasteiger partial charge is 0.333 e. The van der Waals surface area contributed by atoms with E-state index in [1.165, 1.54) is 6.42 Å². The van der Waals surface area contributed by atoms with Crippen LogP contribution in [0.1, 0.15) is 31.7 Å². The fourth-order valence-corrected chi connectivity index (χ4v) is 3.05. The molecule has 6 heteroatoms. The van der Waals surface area contributed by atoms with E-state index in [-0.39, 0.29) is 18.4 Å². The van der Waals surface area contributed by atoms with Gasteiger partial charge < -0.3 is 10.2 Å². The molecular formula is C18H26ClN3O2. The molecule has 2 amide bonds. The minimum absolute atomic E-state index is 0.0115. The number of piperidine rings is 1. The van der Waals surface area contributed by atoms with E-state index in [2.05, 4.69) is 10.2 Å². The van der Waals surface area contributed by atoms with Gasteiger partial charge in [0.1, 0.15) is 0 Å². The number of likely N-dealkylation sites (tertiary alicyclic amines) is 1. The topological polar surface area (TPSA) is 52.7 Å². The third kappa shape index (κ3) is 5.49. The van der Waals surface area contributed by atoms with Crippen LogP contribution in [-0.2, 0) is 9.59 Å². The van der Waals surface area contributed by atoms with Crippen LogP contribution in [0.15, 0.2) is 18.2 Å². The maximum absolute atomic E-state index is 12.4. The molecule has 1 fully saturated rings. The number of aryl methyl sites for hydroxylation is 1. The molecule has 1 aromatic rings. The Morgan fingerprint density at radius 2 is 1.96 bits per heavy atom. The monoisotopic (exact) mass is 351 g/mol. The molecule has 1 heterocycles. The minimum Gasteiger partial charge on any atom is -0.333 e. The Hall–Kier alpha value is -1.59. The zero-order chi connectivity index (χ0) is 17.5. The Labute approximate surface area is 149 Å². The van der Waals surface area contributed by atoms with E-state index in [4.69, 9.17) is 11.6 Å². The lowest BCUT2D eigenvalue weighted by atomic mass is 10.1. The summed E-state index contributed by atoms with van der Waals surface area (Å²) in [5.41, 5.74) is 1.63. The number of amides is 2. The molecule has 1 saturated heterocycles. The van der Waals surface area contributed by atoms with Gasteiger partial charge in [0.2, 0.25) is 11.8 Å². The van der Waals surface area contributed by atoms with E-state index in [0.717, 1.165) is 31.5 Å². The zero-order valence-electron chi connectivity index (χ0n) is 14.5. The quantitative estimate of drug-likeness (QED) is 0.857. The maximum Gasteiger partial charge on any atom is 0.244 e. The van der Waals surface area contributed by atoms with E-state index in [9.17, 15) is 9.59 Å². The van der Waals surface area contributed by atoms with Crippen LogP contribution in [-0.4, -0.2) is 54.3 Å². The van der Waals surface area contributed by atoms with Crippen molar-refractivity contribution in [2.45, 2.75) is 33.1 Å². The molecule has 2 rings (SSSR count). The van der Waals surface area contributed by atoms with Crippen LogP contribution in [0.5, 0.6) is 0 Å². The summed E-state index contributed by atoms with van der Waals surface area (Å²) in [5, 5.41) is 3.42. The summed E-state index contributed by atoms with van der Waals surface area (Å²) < 4.78 is 0. The lowest BCUT2D eigenvalue weighted by Gasteiger charge is -2.28.